The minimum atomic E-state index is -0.198. The van der Waals surface area contributed by atoms with Gasteiger partial charge in [0.1, 0.15) is 5.82 Å². The molecule has 1 N–H and O–H groups in total. The lowest BCUT2D eigenvalue weighted by atomic mass is 10.2. The molecule has 88 valence electrons. The second kappa shape index (κ2) is 5.27. The molecule has 1 aromatic rings. The van der Waals surface area contributed by atoms with Gasteiger partial charge in [0.05, 0.1) is 13.2 Å². The van der Waals surface area contributed by atoms with Crippen molar-refractivity contribution in [2.45, 2.75) is 6.04 Å². The quantitative estimate of drug-likeness (QED) is 0.836. The van der Waals surface area contributed by atoms with Gasteiger partial charge in [0, 0.05) is 31.9 Å². The number of likely N-dealkylation sites (N-methyl/N-ethyl adjacent to an activating group) is 1. The number of ether oxygens (including phenoxy) is 1. The summed E-state index contributed by atoms with van der Waals surface area (Å²) in [6, 6.07) is 6.90. The van der Waals surface area contributed by atoms with Gasteiger partial charge in [-0.2, -0.15) is 0 Å². The Bertz CT molecular complexity index is 322. The summed E-state index contributed by atoms with van der Waals surface area (Å²) >= 11 is 0. The normalized spacial score (nSPS) is 20.8. The van der Waals surface area contributed by atoms with E-state index in [2.05, 4.69) is 10.2 Å². The summed E-state index contributed by atoms with van der Waals surface area (Å²) < 4.78 is 18.1. The first-order valence-corrected chi connectivity index (χ1v) is 5.53. The van der Waals surface area contributed by atoms with Crippen molar-refractivity contribution in [1.82, 2.24) is 5.32 Å². The second-order valence-electron chi connectivity index (χ2n) is 4.08. The van der Waals surface area contributed by atoms with Gasteiger partial charge in [0.15, 0.2) is 0 Å². The van der Waals surface area contributed by atoms with Crippen LogP contribution in [0.1, 0.15) is 0 Å². The first-order chi connectivity index (χ1) is 7.75. The summed E-state index contributed by atoms with van der Waals surface area (Å²) in [4.78, 5) is 2.10. The minimum Gasteiger partial charge on any atom is -0.378 e. The molecular formula is C12H17FN2O. The molecule has 1 saturated heterocycles. The summed E-state index contributed by atoms with van der Waals surface area (Å²) in [6.45, 7) is 3.30. The van der Waals surface area contributed by atoms with E-state index < -0.39 is 0 Å². The Hall–Kier alpha value is -1.13. The lowest BCUT2D eigenvalue weighted by molar-refractivity contribution is 0.0791. The molecular weight excluding hydrogens is 207 g/mol. The van der Waals surface area contributed by atoms with Crippen molar-refractivity contribution in [2.75, 3.05) is 38.3 Å². The summed E-state index contributed by atoms with van der Waals surface area (Å²) in [7, 11) is 2.00. The maximum Gasteiger partial charge on any atom is 0.123 e. The van der Waals surface area contributed by atoms with E-state index in [0.717, 1.165) is 32.0 Å². The van der Waals surface area contributed by atoms with Crippen molar-refractivity contribution in [3.8, 4) is 0 Å². The fraction of sp³-hybridized carbons (Fsp3) is 0.500. The average Bonchev–Trinajstić information content (AvgIpc) is 2.31. The van der Waals surface area contributed by atoms with Gasteiger partial charge in [0.2, 0.25) is 0 Å². The number of nitrogens with zero attached hydrogens (tertiary/aromatic N) is 1. The van der Waals surface area contributed by atoms with E-state index in [1.54, 1.807) is 12.1 Å². The zero-order valence-electron chi connectivity index (χ0n) is 9.45. The van der Waals surface area contributed by atoms with Crippen molar-refractivity contribution in [3.05, 3.63) is 30.1 Å². The van der Waals surface area contributed by atoms with Crippen molar-refractivity contribution < 1.29 is 9.13 Å². The molecule has 0 amide bonds. The molecule has 0 aromatic heterocycles. The fourth-order valence-electron chi connectivity index (χ4n) is 1.87. The molecule has 0 spiro atoms. The van der Waals surface area contributed by atoms with Crippen LogP contribution in [-0.2, 0) is 4.74 Å². The highest BCUT2D eigenvalue weighted by atomic mass is 19.1. The smallest absolute Gasteiger partial charge is 0.123 e. The summed E-state index contributed by atoms with van der Waals surface area (Å²) in [5.74, 6) is -0.198. The van der Waals surface area contributed by atoms with E-state index in [9.17, 15) is 4.39 Å². The standard InChI is InChI=1S/C12H17FN2O/c1-15(8-11-9-16-7-6-14-11)12-4-2-10(13)3-5-12/h2-5,11,14H,6-9H2,1H3. The number of rotatable bonds is 3. The SMILES string of the molecule is CN(CC1COCCN1)c1ccc(F)cc1. The van der Waals surface area contributed by atoms with Gasteiger partial charge >= 0.3 is 0 Å². The zero-order chi connectivity index (χ0) is 11.4. The molecule has 1 unspecified atom stereocenters. The van der Waals surface area contributed by atoms with Gasteiger partial charge in [-0.3, -0.25) is 0 Å². The summed E-state index contributed by atoms with van der Waals surface area (Å²) in [5, 5.41) is 3.39. The molecule has 4 heteroatoms. The first-order valence-electron chi connectivity index (χ1n) is 5.53. The van der Waals surface area contributed by atoms with Crippen LogP contribution in [0.25, 0.3) is 0 Å². The summed E-state index contributed by atoms with van der Waals surface area (Å²) in [5.41, 5.74) is 1.02. The maximum absolute atomic E-state index is 12.8. The fourth-order valence-corrected chi connectivity index (χ4v) is 1.87. The number of anilines is 1. The number of nitrogens with one attached hydrogen (secondary N) is 1. The van der Waals surface area contributed by atoms with E-state index in [0.29, 0.717) is 6.04 Å². The third-order valence-electron chi connectivity index (χ3n) is 2.76. The molecule has 1 fully saturated rings. The van der Waals surface area contributed by atoms with Crippen LogP contribution >= 0.6 is 0 Å². The van der Waals surface area contributed by atoms with E-state index in [-0.39, 0.29) is 5.82 Å². The van der Waals surface area contributed by atoms with Crippen molar-refractivity contribution in [1.29, 1.82) is 0 Å². The number of halogens is 1. The molecule has 0 aliphatic carbocycles. The topological polar surface area (TPSA) is 24.5 Å². The van der Waals surface area contributed by atoms with Crippen molar-refractivity contribution in [3.63, 3.8) is 0 Å². The summed E-state index contributed by atoms with van der Waals surface area (Å²) in [6.07, 6.45) is 0. The average molecular weight is 224 g/mol. The van der Waals surface area contributed by atoms with Crippen LogP contribution in [0.3, 0.4) is 0 Å². The number of benzene rings is 1. The Kier molecular flexibility index (Phi) is 3.74. The molecule has 2 rings (SSSR count). The van der Waals surface area contributed by atoms with E-state index in [1.807, 2.05) is 7.05 Å². The molecule has 16 heavy (non-hydrogen) atoms. The van der Waals surface area contributed by atoms with Gasteiger partial charge in [-0.1, -0.05) is 0 Å². The Morgan fingerprint density at radius 1 is 1.44 bits per heavy atom. The number of hydrogen-bond acceptors (Lipinski definition) is 3. The second-order valence-corrected chi connectivity index (χ2v) is 4.08. The van der Waals surface area contributed by atoms with Crippen LogP contribution in [0.5, 0.6) is 0 Å². The van der Waals surface area contributed by atoms with Crippen LogP contribution in [0.2, 0.25) is 0 Å². The van der Waals surface area contributed by atoms with Gasteiger partial charge in [-0.15, -0.1) is 0 Å². The van der Waals surface area contributed by atoms with Crippen LogP contribution in [0.4, 0.5) is 10.1 Å². The third-order valence-corrected chi connectivity index (χ3v) is 2.76. The third kappa shape index (κ3) is 2.93. The van der Waals surface area contributed by atoms with Crippen molar-refractivity contribution >= 4 is 5.69 Å². The van der Waals surface area contributed by atoms with Gasteiger partial charge < -0.3 is 15.0 Å². The van der Waals surface area contributed by atoms with Crippen molar-refractivity contribution in [2.24, 2.45) is 0 Å². The molecule has 0 bridgehead atoms. The highest BCUT2D eigenvalue weighted by molar-refractivity contribution is 5.45. The van der Waals surface area contributed by atoms with Crippen LogP contribution in [0.15, 0.2) is 24.3 Å². The van der Waals surface area contributed by atoms with Gasteiger partial charge in [-0.05, 0) is 24.3 Å². The van der Waals surface area contributed by atoms with E-state index >= 15 is 0 Å². The Labute approximate surface area is 95.2 Å². The monoisotopic (exact) mass is 224 g/mol. The molecule has 0 saturated carbocycles. The molecule has 1 aromatic carbocycles. The Morgan fingerprint density at radius 3 is 2.81 bits per heavy atom. The lowest BCUT2D eigenvalue weighted by Crippen LogP contribution is -2.47. The molecule has 1 aliphatic heterocycles. The van der Waals surface area contributed by atoms with Gasteiger partial charge in [0.25, 0.3) is 0 Å². The molecule has 0 radical (unpaired) electrons. The number of hydrogen-bond donors (Lipinski definition) is 1. The maximum atomic E-state index is 12.8. The minimum absolute atomic E-state index is 0.198. The molecule has 3 nitrogen and oxygen atoms in total. The van der Waals surface area contributed by atoms with E-state index in [1.165, 1.54) is 12.1 Å². The van der Waals surface area contributed by atoms with Crippen LogP contribution in [-0.4, -0.2) is 39.4 Å². The highest BCUT2D eigenvalue weighted by Gasteiger charge is 2.15. The molecule has 1 atom stereocenters. The lowest BCUT2D eigenvalue weighted by Gasteiger charge is -2.29. The van der Waals surface area contributed by atoms with Crippen LogP contribution in [0, 0.1) is 5.82 Å². The Balaban J connectivity index is 1.91. The highest BCUT2D eigenvalue weighted by Crippen LogP contribution is 2.13. The predicted molar refractivity (Wildman–Crippen MR) is 62.3 cm³/mol. The predicted octanol–water partition coefficient (Wildman–Crippen LogP) is 1.25. The zero-order valence-corrected chi connectivity index (χ0v) is 9.45. The van der Waals surface area contributed by atoms with E-state index in [4.69, 9.17) is 4.74 Å². The number of morpholine rings is 1. The molecule has 1 aliphatic rings. The van der Waals surface area contributed by atoms with Gasteiger partial charge in [-0.25, -0.2) is 4.39 Å². The van der Waals surface area contributed by atoms with Crippen LogP contribution < -0.4 is 10.2 Å². The first kappa shape index (κ1) is 11.4. The molecule has 1 heterocycles. The largest absolute Gasteiger partial charge is 0.378 e. The Morgan fingerprint density at radius 2 is 2.19 bits per heavy atom.